The van der Waals surface area contributed by atoms with Gasteiger partial charge in [0.15, 0.2) is 0 Å². The van der Waals surface area contributed by atoms with Crippen LogP contribution in [0.5, 0.6) is 0 Å². The molecule has 0 saturated heterocycles. The third-order valence-electron chi connectivity index (χ3n) is 2.69. The number of nitro groups is 2. The van der Waals surface area contributed by atoms with Crippen molar-refractivity contribution in [2.45, 2.75) is 6.54 Å². The molecule has 0 bridgehead atoms. The van der Waals surface area contributed by atoms with Gasteiger partial charge in [0.25, 0.3) is 22.5 Å². The molecule has 0 unspecified atom stereocenters. The van der Waals surface area contributed by atoms with Crippen molar-refractivity contribution in [2.75, 3.05) is 17.8 Å². The lowest BCUT2D eigenvalue weighted by molar-refractivity contribution is -0.385. The minimum absolute atomic E-state index is 0.181. The van der Waals surface area contributed by atoms with Crippen molar-refractivity contribution in [1.82, 2.24) is 9.55 Å². The zero-order chi connectivity index (χ0) is 22.6. The maximum absolute atomic E-state index is 12.0. The lowest BCUT2D eigenvalue weighted by atomic mass is 10.4. The summed E-state index contributed by atoms with van der Waals surface area (Å²) in [5.41, 5.74) is -1.72. The van der Waals surface area contributed by atoms with E-state index in [1.807, 2.05) is 22.6 Å². The molecule has 1 N–H and O–H groups in total. The van der Waals surface area contributed by atoms with Crippen molar-refractivity contribution in [1.29, 1.82) is 0 Å². The molecule has 0 aliphatic carbocycles. The second-order valence-electron chi connectivity index (χ2n) is 4.66. The fraction of sp³-hybridized carbons (Fsp3) is 0.286. The number of H-pyrrole nitrogens is 1. The second-order valence-corrected chi connectivity index (χ2v) is 6.55. The number of halogens is 5. The Morgan fingerprint density at radius 3 is 1.97 bits per heavy atom. The standard InChI is InChI=1S/C7H6ClFN2O3.C5H3ClN2O3.C2H4FI/c8-6-3-5(11(13)14)4-10(2-1-9)7(6)12;6-4-1-3(8(10)11)2-7-5(4)9;3-1-2-4/h3-4H,1-2H2;1-2H,(H,7,9);1-2H2. The molecule has 10 nitrogen and oxygen atoms in total. The molecule has 0 amide bonds. The average Bonchev–Trinajstić information content (AvgIpc) is 2.68. The molecule has 0 aliphatic rings. The van der Waals surface area contributed by atoms with Crippen LogP contribution in [0.15, 0.2) is 34.1 Å². The molecule has 15 heteroatoms. The lowest BCUT2D eigenvalue weighted by Crippen LogP contribution is -2.21. The zero-order valence-corrected chi connectivity index (χ0v) is 18.0. The Labute approximate surface area is 184 Å². The Hall–Kier alpha value is -2.13. The van der Waals surface area contributed by atoms with Crippen LogP contribution in [0.2, 0.25) is 10.0 Å². The first-order valence-electron chi connectivity index (χ1n) is 7.33. The summed E-state index contributed by atoms with van der Waals surface area (Å²) in [7, 11) is 0. The van der Waals surface area contributed by atoms with Gasteiger partial charge in [-0.1, -0.05) is 45.8 Å². The van der Waals surface area contributed by atoms with E-state index in [0.717, 1.165) is 29.1 Å². The predicted octanol–water partition coefficient (Wildman–Crippen LogP) is 3.71. The van der Waals surface area contributed by atoms with E-state index in [2.05, 4.69) is 4.98 Å². The summed E-state index contributed by atoms with van der Waals surface area (Å²) in [5.74, 6) is 0. The van der Waals surface area contributed by atoms with Gasteiger partial charge in [0.2, 0.25) is 0 Å². The van der Waals surface area contributed by atoms with E-state index in [4.69, 9.17) is 23.2 Å². The predicted molar refractivity (Wildman–Crippen MR) is 112 cm³/mol. The van der Waals surface area contributed by atoms with Gasteiger partial charge in [-0.05, 0) is 0 Å². The lowest BCUT2D eigenvalue weighted by Gasteiger charge is -2.02. The maximum atomic E-state index is 12.0. The maximum Gasteiger partial charge on any atom is 0.287 e. The molecule has 0 spiro atoms. The number of hydrogen-bond donors (Lipinski definition) is 1. The van der Waals surface area contributed by atoms with Crippen LogP contribution in [0.4, 0.5) is 20.2 Å². The van der Waals surface area contributed by atoms with Crippen molar-refractivity contribution in [3.05, 3.63) is 75.5 Å². The highest BCUT2D eigenvalue weighted by Gasteiger charge is 2.12. The number of aromatic amines is 1. The molecule has 2 rings (SSSR count). The summed E-state index contributed by atoms with van der Waals surface area (Å²) in [6, 6.07) is 1.94. The highest BCUT2D eigenvalue weighted by Crippen LogP contribution is 2.13. The van der Waals surface area contributed by atoms with Gasteiger partial charge in [-0.2, -0.15) is 0 Å². The summed E-state index contributed by atoms with van der Waals surface area (Å²) >= 11 is 12.7. The SMILES string of the molecule is FCCI.O=c1[nH]cc([N+](=O)[O-])cc1Cl.O=c1c(Cl)cc([N+](=O)[O-])cn1CCF. The number of aryl methyl sites for hydroxylation is 1. The van der Waals surface area contributed by atoms with Crippen LogP contribution in [0.1, 0.15) is 0 Å². The van der Waals surface area contributed by atoms with E-state index in [0.29, 0.717) is 4.43 Å². The van der Waals surface area contributed by atoms with Crippen molar-refractivity contribution in [2.24, 2.45) is 0 Å². The van der Waals surface area contributed by atoms with Crippen LogP contribution in [-0.4, -0.2) is 37.2 Å². The smallest absolute Gasteiger partial charge is 0.287 e. The van der Waals surface area contributed by atoms with E-state index in [-0.39, 0.29) is 34.6 Å². The molecule has 0 radical (unpaired) electrons. The Bertz CT molecular complexity index is 954. The van der Waals surface area contributed by atoms with Gasteiger partial charge in [-0.15, -0.1) is 0 Å². The molecule has 2 aromatic heterocycles. The first kappa shape index (κ1) is 26.9. The molecule has 0 fully saturated rings. The van der Waals surface area contributed by atoms with Gasteiger partial charge >= 0.3 is 0 Å². The van der Waals surface area contributed by atoms with Crippen molar-refractivity contribution >= 4 is 57.2 Å². The number of aromatic nitrogens is 2. The van der Waals surface area contributed by atoms with Gasteiger partial charge in [-0.25, -0.2) is 4.39 Å². The van der Waals surface area contributed by atoms with Crippen molar-refractivity contribution in [3.63, 3.8) is 0 Å². The van der Waals surface area contributed by atoms with E-state index in [9.17, 15) is 38.6 Å². The number of nitrogens with one attached hydrogen (secondary N) is 1. The Morgan fingerprint density at radius 1 is 1.03 bits per heavy atom. The fourth-order valence-corrected chi connectivity index (χ4v) is 1.88. The highest BCUT2D eigenvalue weighted by atomic mass is 127. The third kappa shape index (κ3) is 9.76. The minimum atomic E-state index is -0.780. The third-order valence-corrected chi connectivity index (χ3v) is 3.65. The van der Waals surface area contributed by atoms with Crippen LogP contribution in [0.25, 0.3) is 0 Å². The second kappa shape index (κ2) is 13.9. The zero-order valence-electron chi connectivity index (χ0n) is 14.3. The summed E-state index contributed by atoms with van der Waals surface area (Å²) in [6.45, 7) is -1.21. The van der Waals surface area contributed by atoms with E-state index >= 15 is 0 Å². The van der Waals surface area contributed by atoms with Crippen LogP contribution < -0.4 is 11.1 Å². The Morgan fingerprint density at radius 2 is 1.55 bits per heavy atom. The molecule has 29 heavy (non-hydrogen) atoms. The monoisotopic (exact) mass is 568 g/mol. The molecule has 0 saturated carbocycles. The van der Waals surface area contributed by atoms with Crippen molar-refractivity contribution in [3.8, 4) is 0 Å². The Kier molecular flexibility index (Phi) is 12.9. The quantitative estimate of drug-likeness (QED) is 0.252. The summed E-state index contributed by atoms with van der Waals surface area (Å²) in [6.07, 6.45) is 1.96. The van der Waals surface area contributed by atoms with Gasteiger partial charge in [0, 0.05) is 16.6 Å². The molecule has 2 aromatic rings. The van der Waals surface area contributed by atoms with Crippen LogP contribution in [0, 0.1) is 20.2 Å². The number of hydrogen-bond acceptors (Lipinski definition) is 6. The van der Waals surface area contributed by atoms with Gasteiger partial charge in [0.1, 0.15) is 16.7 Å². The minimum Gasteiger partial charge on any atom is -0.321 e. The van der Waals surface area contributed by atoms with Crippen LogP contribution in [0.3, 0.4) is 0 Å². The molecule has 0 atom stereocenters. The average molecular weight is 569 g/mol. The molecule has 160 valence electrons. The normalized spacial score (nSPS) is 9.55. The number of rotatable bonds is 5. The molecule has 0 aliphatic heterocycles. The van der Waals surface area contributed by atoms with E-state index in [1.54, 1.807) is 0 Å². The van der Waals surface area contributed by atoms with Crippen LogP contribution >= 0.6 is 45.8 Å². The fourth-order valence-electron chi connectivity index (χ4n) is 1.49. The summed E-state index contributed by atoms with van der Waals surface area (Å²) < 4.78 is 24.2. The number of pyridine rings is 2. The molecule has 0 aromatic carbocycles. The van der Waals surface area contributed by atoms with Crippen LogP contribution in [-0.2, 0) is 6.54 Å². The first-order valence-corrected chi connectivity index (χ1v) is 9.62. The largest absolute Gasteiger partial charge is 0.321 e. The van der Waals surface area contributed by atoms with E-state index < -0.39 is 27.6 Å². The highest BCUT2D eigenvalue weighted by molar-refractivity contribution is 14.1. The molecular weight excluding hydrogens is 556 g/mol. The van der Waals surface area contributed by atoms with E-state index in [1.165, 1.54) is 0 Å². The van der Waals surface area contributed by atoms with Gasteiger partial charge in [-0.3, -0.25) is 34.2 Å². The molecule has 2 heterocycles. The van der Waals surface area contributed by atoms with Gasteiger partial charge in [0.05, 0.1) is 35.5 Å². The number of nitrogens with zero attached hydrogens (tertiary/aromatic N) is 3. The topological polar surface area (TPSA) is 141 Å². The number of alkyl halides is 3. The van der Waals surface area contributed by atoms with Gasteiger partial charge < -0.3 is 9.55 Å². The Balaban J connectivity index is 0.000000466. The summed E-state index contributed by atoms with van der Waals surface area (Å²) in [4.78, 5) is 43.0. The first-order chi connectivity index (χ1) is 13.6. The molecular formula is C14H13Cl2F2IN4O6. The summed E-state index contributed by atoms with van der Waals surface area (Å²) in [5, 5.41) is 20.0. The van der Waals surface area contributed by atoms with Crippen molar-refractivity contribution < 1.29 is 18.6 Å².